The number of aliphatic hydroxyl groups excluding tert-OH is 1. The molecule has 1 saturated carbocycles. The lowest BCUT2D eigenvalue weighted by molar-refractivity contribution is -0.116. The second kappa shape index (κ2) is 7.09. The van der Waals surface area contributed by atoms with E-state index in [2.05, 4.69) is 10.4 Å². The molecule has 2 N–H and O–H groups in total. The molecular weight excluding hydrogens is 290 g/mol. The highest BCUT2D eigenvalue weighted by Gasteiger charge is 2.26. The Morgan fingerprint density at radius 1 is 1.52 bits per heavy atom. The molecule has 0 saturated heterocycles. The first-order chi connectivity index (χ1) is 10.0. The highest BCUT2D eigenvalue weighted by atomic mass is 35.5. The van der Waals surface area contributed by atoms with Gasteiger partial charge in [0.25, 0.3) is 0 Å². The molecule has 1 heterocycles. The van der Waals surface area contributed by atoms with Crippen LogP contribution in [0.3, 0.4) is 0 Å². The predicted octanol–water partition coefficient (Wildman–Crippen LogP) is 1.92. The van der Waals surface area contributed by atoms with E-state index in [0.717, 1.165) is 30.5 Å². The van der Waals surface area contributed by atoms with Crippen LogP contribution in [0.25, 0.3) is 6.08 Å². The number of carbonyl (C=O) groups is 1. The summed E-state index contributed by atoms with van der Waals surface area (Å²) in [6.07, 6.45) is 6.43. The standard InChI is InChI=1S/C15H22ClN3O2/c1-10-13(15(16)19(2)18-10)6-7-14(21)17-8-11-4-3-5-12(11)9-20/h6-7,11-12,20H,3-5,8-9H2,1-2H3,(H,17,21). The van der Waals surface area contributed by atoms with E-state index in [1.54, 1.807) is 17.8 Å². The summed E-state index contributed by atoms with van der Waals surface area (Å²) in [6, 6.07) is 0. The third-order valence-electron chi connectivity index (χ3n) is 4.19. The maximum Gasteiger partial charge on any atom is 0.244 e. The lowest BCUT2D eigenvalue weighted by atomic mass is 9.97. The summed E-state index contributed by atoms with van der Waals surface area (Å²) in [5.74, 6) is 0.568. The number of aliphatic hydroxyl groups is 1. The topological polar surface area (TPSA) is 67.2 Å². The summed E-state index contributed by atoms with van der Waals surface area (Å²) in [5, 5.41) is 16.9. The van der Waals surface area contributed by atoms with Crippen LogP contribution < -0.4 is 5.32 Å². The van der Waals surface area contributed by atoms with E-state index < -0.39 is 0 Å². The number of amides is 1. The second-order valence-electron chi connectivity index (χ2n) is 5.63. The SMILES string of the molecule is Cc1nn(C)c(Cl)c1C=CC(=O)NCC1CCCC1CO. The van der Waals surface area contributed by atoms with Gasteiger partial charge in [0.05, 0.1) is 5.69 Å². The normalized spacial score (nSPS) is 22.1. The van der Waals surface area contributed by atoms with Crippen molar-refractivity contribution in [2.75, 3.05) is 13.2 Å². The van der Waals surface area contributed by atoms with E-state index in [1.165, 1.54) is 6.08 Å². The molecule has 1 fully saturated rings. The summed E-state index contributed by atoms with van der Waals surface area (Å²) in [6.45, 7) is 2.68. The van der Waals surface area contributed by atoms with Crippen LogP contribution in [0.2, 0.25) is 5.15 Å². The van der Waals surface area contributed by atoms with Crippen molar-refractivity contribution in [3.63, 3.8) is 0 Å². The third kappa shape index (κ3) is 3.86. The van der Waals surface area contributed by atoms with Crippen molar-refractivity contribution in [2.24, 2.45) is 18.9 Å². The molecule has 21 heavy (non-hydrogen) atoms. The Bertz CT molecular complexity index is 539. The maximum absolute atomic E-state index is 11.9. The fourth-order valence-corrected chi connectivity index (χ4v) is 3.15. The quantitative estimate of drug-likeness (QED) is 0.816. The Balaban J connectivity index is 1.88. The molecule has 1 aromatic heterocycles. The van der Waals surface area contributed by atoms with Gasteiger partial charge in [0, 0.05) is 31.8 Å². The zero-order valence-corrected chi connectivity index (χ0v) is 13.2. The second-order valence-corrected chi connectivity index (χ2v) is 5.98. The van der Waals surface area contributed by atoms with Gasteiger partial charge in [0.15, 0.2) is 0 Å². The van der Waals surface area contributed by atoms with E-state index in [1.807, 2.05) is 6.92 Å². The maximum atomic E-state index is 11.9. The van der Waals surface area contributed by atoms with Gasteiger partial charge in [-0.15, -0.1) is 0 Å². The van der Waals surface area contributed by atoms with Gasteiger partial charge in [-0.25, -0.2) is 0 Å². The molecule has 116 valence electrons. The summed E-state index contributed by atoms with van der Waals surface area (Å²) < 4.78 is 1.58. The zero-order chi connectivity index (χ0) is 15.4. The first-order valence-corrected chi connectivity index (χ1v) is 7.66. The molecule has 1 aliphatic carbocycles. The average Bonchev–Trinajstić information content (AvgIpc) is 3.00. The molecule has 2 atom stereocenters. The van der Waals surface area contributed by atoms with Crippen molar-refractivity contribution in [3.8, 4) is 0 Å². The van der Waals surface area contributed by atoms with E-state index in [9.17, 15) is 9.90 Å². The van der Waals surface area contributed by atoms with Crippen molar-refractivity contribution in [3.05, 3.63) is 22.5 Å². The molecule has 6 heteroatoms. The summed E-state index contributed by atoms with van der Waals surface area (Å²) in [4.78, 5) is 11.9. The number of aryl methyl sites for hydroxylation is 2. The number of halogens is 1. The molecular formula is C15H22ClN3O2. The fourth-order valence-electron chi connectivity index (χ4n) is 2.91. The number of nitrogens with one attached hydrogen (secondary N) is 1. The summed E-state index contributed by atoms with van der Waals surface area (Å²) >= 11 is 6.11. The van der Waals surface area contributed by atoms with Crippen LogP contribution in [0.1, 0.15) is 30.5 Å². The Morgan fingerprint density at radius 3 is 2.86 bits per heavy atom. The minimum absolute atomic E-state index is 0.141. The first-order valence-electron chi connectivity index (χ1n) is 7.28. The monoisotopic (exact) mass is 311 g/mol. The smallest absolute Gasteiger partial charge is 0.244 e. The molecule has 2 unspecified atom stereocenters. The van der Waals surface area contributed by atoms with Gasteiger partial charge in [-0.1, -0.05) is 18.0 Å². The van der Waals surface area contributed by atoms with Crippen LogP contribution in [-0.4, -0.2) is 33.9 Å². The van der Waals surface area contributed by atoms with Crippen molar-refractivity contribution >= 4 is 23.6 Å². The van der Waals surface area contributed by atoms with Gasteiger partial charge in [-0.05, 0) is 37.7 Å². The fraction of sp³-hybridized carbons (Fsp3) is 0.600. The molecule has 0 spiro atoms. The van der Waals surface area contributed by atoms with E-state index in [4.69, 9.17) is 11.6 Å². The van der Waals surface area contributed by atoms with Crippen molar-refractivity contribution in [2.45, 2.75) is 26.2 Å². The lowest BCUT2D eigenvalue weighted by Crippen LogP contribution is -2.30. The minimum Gasteiger partial charge on any atom is -0.396 e. The van der Waals surface area contributed by atoms with Crippen LogP contribution in [0, 0.1) is 18.8 Å². The largest absolute Gasteiger partial charge is 0.396 e. The molecule has 0 aromatic carbocycles. The molecule has 1 amide bonds. The van der Waals surface area contributed by atoms with Gasteiger partial charge in [-0.2, -0.15) is 5.10 Å². The Hall–Kier alpha value is -1.33. The Kier molecular flexibility index (Phi) is 5.42. The van der Waals surface area contributed by atoms with Crippen molar-refractivity contribution < 1.29 is 9.90 Å². The average molecular weight is 312 g/mol. The van der Waals surface area contributed by atoms with Gasteiger partial charge in [0.2, 0.25) is 5.91 Å². The molecule has 0 aliphatic heterocycles. The Labute approximate surface area is 130 Å². The summed E-state index contributed by atoms with van der Waals surface area (Å²) in [5.41, 5.74) is 1.56. The zero-order valence-electron chi connectivity index (χ0n) is 12.5. The summed E-state index contributed by atoms with van der Waals surface area (Å²) in [7, 11) is 1.77. The van der Waals surface area contributed by atoms with Crippen molar-refractivity contribution in [1.29, 1.82) is 0 Å². The van der Waals surface area contributed by atoms with Gasteiger partial charge in [-0.3, -0.25) is 9.48 Å². The van der Waals surface area contributed by atoms with E-state index in [0.29, 0.717) is 23.5 Å². The molecule has 0 bridgehead atoms. The van der Waals surface area contributed by atoms with Crippen LogP contribution in [0.15, 0.2) is 6.08 Å². The molecule has 1 aliphatic rings. The molecule has 5 nitrogen and oxygen atoms in total. The minimum atomic E-state index is -0.141. The molecule has 2 rings (SSSR count). The third-order valence-corrected chi connectivity index (χ3v) is 4.64. The van der Waals surface area contributed by atoms with Crippen LogP contribution in [0.5, 0.6) is 0 Å². The molecule has 0 radical (unpaired) electrons. The van der Waals surface area contributed by atoms with Gasteiger partial charge in [0.1, 0.15) is 5.15 Å². The number of hydrogen-bond acceptors (Lipinski definition) is 3. The van der Waals surface area contributed by atoms with Crippen LogP contribution in [-0.2, 0) is 11.8 Å². The van der Waals surface area contributed by atoms with Gasteiger partial charge >= 0.3 is 0 Å². The van der Waals surface area contributed by atoms with Crippen LogP contribution >= 0.6 is 11.6 Å². The molecule has 1 aromatic rings. The number of rotatable bonds is 5. The Morgan fingerprint density at radius 2 is 2.24 bits per heavy atom. The highest BCUT2D eigenvalue weighted by molar-refractivity contribution is 6.31. The number of aromatic nitrogens is 2. The van der Waals surface area contributed by atoms with Crippen LogP contribution in [0.4, 0.5) is 0 Å². The number of carbonyl (C=O) groups excluding carboxylic acids is 1. The first kappa shape index (κ1) is 16.0. The van der Waals surface area contributed by atoms with Gasteiger partial charge < -0.3 is 10.4 Å². The highest BCUT2D eigenvalue weighted by Crippen LogP contribution is 2.30. The number of hydrogen-bond donors (Lipinski definition) is 2. The lowest BCUT2D eigenvalue weighted by Gasteiger charge is -2.17. The van der Waals surface area contributed by atoms with Crippen molar-refractivity contribution in [1.82, 2.24) is 15.1 Å². The number of nitrogens with zero attached hydrogens (tertiary/aromatic N) is 2. The predicted molar refractivity (Wildman–Crippen MR) is 82.9 cm³/mol. The van der Waals surface area contributed by atoms with E-state index >= 15 is 0 Å². The van der Waals surface area contributed by atoms with E-state index in [-0.39, 0.29) is 12.5 Å².